The average molecular weight is 312 g/mol. The fourth-order valence-corrected chi connectivity index (χ4v) is 3.57. The lowest BCUT2D eigenvalue weighted by Gasteiger charge is -2.19. The third-order valence-electron chi connectivity index (χ3n) is 3.91. The number of primary sulfonamides is 1. The van der Waals surface area contributed by atoms with Crippen molar-refractivity contribution in [1.29, 1.82) is 0 Å². The summed E-state index contributed by atoms with van der Waals surface area (Å²) in [5.41, 5.74) is 3.14. The molecular weight excluding hydrogens is 288 g/mol. The summed E-state index contributed by atoms with van der Waals surface area (Å²) < 4.78 is 22.9. The SMILES string of the molecule is Cc1nc(N2CCC(S(N)(=O)=O)C2)nc(C)c1CC(C)C. The second-order valence-corrected chi connectivity index (χ2v) is 8.06. The predicted molar refractivity (Wildman–Crippen MR) is 83.8 cm³/mol. The van der Waals surface area contributed by atoms with Crippen LogP contribution in [0.2, 0.25) is 0 Å². The van der Waals surface area contributed by atoms with Crippen molar-refractivity contribution in [3.8, 4) is 0 Å². The van der Waals surface area contributed by atoms with E-state index in [1.165, 1.54) is 5.56 Å². The Morgan fingerprint density at radius 1 is 1.29 bits per heavy atom. The molecule has 0 bridgehead atoms. The van der Waals surface area contributed by atoms with Crippen LogP contribution < -0.4 is 10.0 Å². The minimum atomic E-state index is -3.48. The maximum atomic E-state index is 11.4. The predicted octanol–water partition coefficient (Wildman–Crippen LogP) is 1.16. The summed E-state index contributed by atoms with van der Waals surface area (Å²) in [5, 5.41) is 4.71. The Labute approximate surface area is 126 Å². The van der Waals surface area contributed by atoms with Crippen LogP contribution in [0.4, 0.5) is 5.95 Å². The van der Waals surface area contributed by atoms with Gasteiger partial charge < -0.3 is 4.90 Å². The van der Waals surface area contributed by atoms with Crippen molar-refractivity contribution < 1.29 is 8.42 Å². The topological polar surface area (TPSA) is 89.2 Å². The van der Waals surface area contributed by atoms with Crippen molar-refractivity contribution in [3.63, 3.8) is 0 Å². The van der Waals surface area contributed by atoms with Gasteiger partial charge in [-0.05, 0) is 38.2 Å². The smallest absolute Gasteiger partial charge is 0.225 e. The Hall–Kier alpha value is -1.21. The molecule has 1 saturated heterocycles. The molecule has 0 amide bonds. The van der Waals surface area contributed by atoms with E-state index >= 15 is 0 Å². The van der Waals surface area contributed by atoms with E-state index in [9.17, 15) is 8.42 Å². The Morgan fingerprint density at radius 3 is 2.29 bits per heavy atom. The molecule has 1 aromatic heterocycles. The number of rotatable bonds is 4. The fourth-order valence-electron chi connectivity index (χ4n) is 2.74. The molecule has 0 aromatic carbocycles. The van der Waals surface area contributed by atoms with Crippen molar-refractivity contribution in [2.75, 3.05) is 18.0 Å². The molecule has 1 fully saturated rings. The first kappa shape index (κ1) is 16.2. The summed E-state index contributed by atoms with van der Waals surface area (Å²) in [5.74, 6) is 1.17. The summed E-state index contributed by atoms with van der Waals surface area (Å²) in [6, 6.07) is 0. The lowest BCUT2D eigenvalue weighted by Crippen LogP contribution is -2.32. The van der Waals surface area contributed by atoms with Crippen molar-refractivity contribution in [2.45, 2.75) is 45.8 Å². The standard InChI is InChI=1S/C14H24N4O2S/c1-9(2)7-13-10(3)16-14(17-11(13)4)18-6-5-12(8-18)21(15,19)20/h9,12H,5-8H2,1-4H3,(H2,15,19,20). The molecule has 21 heavy (non-hydrogen) atoms. The second-order valence-electron chi connectivity index (χ2n) is 6.22. The van der Waals surface area contributed by atoms with E-state index in [0.29, 0.717) is 31.4 Å². The summed E-state index contributed by atoms with van der Waals surface area (Å²) in [6.07, 6.45) is 1.49. The van der Waals surface area contributed by atoms with Crippen molar-refractivity contribution in [2.24, 2.45) is 11.1 Å². The van der Waals surface area contributed by atoms with Gasteiger partial charge in [0, 0.05) is 24.5 Å². The van der Waals surface area contributed by atoms with Gasteiger partial charge in [-0.2, -0.15) is 0 Å². The van der Waals surface area contributed by atoms with E-state index in [1.54, 1.807) is 0 Å². The van der Waals surface area contributed by atoms with Gasteiger partial charge in [0.2, 0.25) is 16.0 Å². The summed E-state index contributed by atoms with van der Waals surface area (Å²) in [6.45, 7) is 9.32. The van der Waals surface area contributed by atoms with E-state index < -0.39 is 15.3 Å². The summed E-state index contributed by atoms with van der Waals surface area (Å²) >= 11 is 0. The van der Waals surface area contributed by atoms with Crippen LogP contribution in [0.15, 0.2) is 0 Å². The van der Waals surface area contributed by atoms with Gasteiger partial charge in [0.15, 0.2) is 0 Å². The Kier molecular flexibility index (Phi) is 4.53. The molecule has 118 valence electrons. The highest BCUT2D eigenvalue weighted by atomic mass is 32.2. The lowest BCUT2D eigenvalue weighted by molar-refractivity contribution is 0.585. The second kappa shape index (κ2) is 5.88. The lowest BCUT2D eigenvalue weighted by atomic mass is 10.0. The number of hydrogen-bond donors (Lipinski definition) is 1. The normalized spacial score (nSPS) is 19.5. The minimum absolute atomic E-state index is 0.376. The third-order valence-corrected chi connectivity index (χ3v) is 5.23. The van der Waals surface area contributed by atoms with Gasteiger partial charge in [0.05, 0.1) is 5.25 Å². The fraction of sp³-hybridized carbons (Fsp3) is 0.714. The summed E-state index contributed by atoms with van der Waals surface area (Å²) in [7, 11) is -3.48. The quantitative estimate of drug-likeness (QED) is 0.901. The van der Waals surface area contributed by atoms with E-state index in [2.05, 4.69) is 23.8 Å². The zero-order valence-corrected chi connectivity index (χ0v) is 13.9. The van der Waals surface area contributed by atoms with Crippen LogP contribution in [-0.2, 0) is 16.4 Å². The van der Waals surface area contributed by atoms with Crippen molar-refractivity contribution in [1.82, 2.24) is 9.97 Å². The molecule has 1 unspecified atom stereocenters. The van der Waals surface area contributed by atoms with Gasteiger partial charge in [0.25, 0.3) is 0 Å². The number of nitrogens with two attached hydrogens (primary N) is 1. The zero-order valence-electron chi connectivity index (χ0n) is 13.1. The molecule has 2 heterocycles. The first-order chi connectivity index (χ1) is 9.68. The molecule has 1 aliphatic rings. The summed E-state index contributed by atoms with van der Waals surface area (Å²) in [4.78, 5) is 11.0. The number of aromatic nitrogens is 2. The van der Waals surface area contributed by atoms with E-state index in [0.717, 1.165) is 17.8 Å². The Morgan fingerprint density at radius 2 is 1.86 bits per heavy atom. The number of nitrogens with zero attached hydrogens (tertiary/aromatic N) is 3. The van der Waals surface area contributed by atoms with E-state index in [-0.39, 0.29) is 0 Å². The van der Waals surface area contributed by atoms with Crippen molar-refractivity contribution in [3.05, 3.63) is 17.0 Å². The molecular formula is C14H24N4O2S. The van der Waals surface area contributed by atoms with Gasteiger partial charge in [-0.3, -0.25) is 0 Å². The molecule has 7 heteroatoms. The third kappa shape index (κ3) is 3.71. The minimum Gasteiger partial charge on any atom is -0.339 e. The number of sulfonamides is 1. The van der Waals surface area contributed by atoms with Gasteiger partial charge >= 0.3 is 0 Å². The Bertz CT molecular complexity index is 605. The molecule has 0 aliphatic carbocycles. The average Bonchev–Trinajstić information content (AvgIpc) is 2.82. The molecule has 1 aliphatic heterocycles. The molecule has 0 saturated carbocycles. The van der Waals surface area contributed by atoms with Gasteiger partial charge in [-0.25, -0.2) is 23.5 Å². The Balaban J connectivity index is 2.23. The van der Waals surface area contributed by atoms with Crippen LogP contribution in [0.25, 0.3) is 0 Å². The number of aryl methyl sites for hydroxylation is 2. The van der Waals surface area contributed by atoms with E-state index in [1.807, 2.05) is 18.7 Å². The number of hydrogen-bond acceptors (Lipinski definition) is 5. The van der Waals surface area contributed by atoms with Crippen molar-refractivity contribution >= 4 is 16.0 Å². The first-order valence-electron chi connectivity index (χ1n) is 7.29. The highest BCUT2D eigenvalue weighted by Gasteiger charge is 2.32. The van der Waals surface area contributed by atoms with Gasteiger partial charge in [-0.1, -0.05) is 13.8 Å². The molecule has 2 N–H and O–H groups in total. The van der Waals surface area contributed by atoms with Gasteiger partial charge in [0.1, 0.15) is 0 Å². The molecule has 1 aromatic rings. The van der Waals surface area contributed by atoms with Gasteiger partial charge in [-0.15, -0.1) is 0 Å². The maximum Gasteiger partial charge on any atom is 0.225 e. The maximum absolute atomic E-state index is 11.4. The van der Waals surface area contributed by atoms with Crippen LogP contribution in [0.3, 0.4) is 0 Å². The molecule has 2 rings (SSSR count). The van der Waals surface area contributed by atoms with E-state index in [4.69, 9.17) is 5.14 Å². The van der Waals surface area contributed by atoms with Crippen LogP contribution in [0.5, 0.6) is 0 Å². The molecule has 6 nitrogen and oxygen atoms in total. The van der Waals surface area contributed by atoms with Crippen LogP contribution >= 0.6 is 0 Å². The number of anilines is 1. The highest BCUT2D eigenvalue weighted by molar-refractivity contribution is 7.89. The molecule has 0 spiro atoms. The molecule has 0 radical (unpaired) electrons. The molecule has 1 atom stereocenters. The van der Waals surface area contributed by atoms with Crippen LogP contribution in [-0.4, -0.2) is 36.7 Å². The largest absolute Gasteiger partial charge is 0.339 e. The monoisotopic (exact) mass is 312 g/mol. The first-order valence-corrected chi connectivity index (χ1v) is 8.90. The van der Waals surface area contributed by atoms with Crippen LogP contribution in [0, 0.1) is 19.8 Å². The van der Waals surface area contributed by atoms with Crippen LogP contribution in [0.1, 0.15) is 37.2 Å². The zero-order chi connectivity index (χ0) is 15.8. The highest BCUT2D eigenvalue weighted by Crippen LogP contribution is 2.23.